The maximum atomic E-state index is 8.97. The number of nitrogens with zero attached hydrogens (tertiary/aromatic N) is 2. The van der Waals surface area contributed by atoms with Gasteiger partial charge in [-0.2, -0.15) is 5.26 Å². The molecule has 0 radical (unpaired) electrons. The van der Waals surface area contributed by atoms with Crippen molar-refractivity contribution in [1.82, 2.24) is 0 Å². The van der Waals surface area contributed by atoms with Crippen LogP contribution in [-0.4, -0.2) is 20.2 Å². The summed E-state index contributed by atoms with van der Waals surface area (Å²) < 4.78 is 5.46. The van der Waals surface area contributed by atoms with Gasteiger partial charge in [0.2, 0.25) is 0 Å². The third-order valence-electron chi connectivity index (χ3n) is 4.14. The van der Waals surface area contributed by atoms with Crippen LogP contribution in [0.4, 0.5) is 5.69 Å². The number of rotatable bonds is 3. The zero-order valence-electron chi connectivity index (χ0n) is 12.0. The number of aryl methyl sites for hydroxylation is 1. The maximum Gasteiger partial charge on any atom is 0.142 e. The van der Waals surface area contributed by atoms with Crippen molar-refractivity contribution in [2.24, 2.45) is 5.92 Å². The highest BCUT2D eigenvalue weighted by molar-refractivity contribution is 5.60. The quantitative estimate of drug-likeness (QED) is 0.832. The summed E-state index contributed by atoms with van der Waals surface area (Å²) >= 11 is 0. The van der Waals surface area contributed by atoms with Gasteiger partial charge in [0.1, 0.15) is 5.75 Å². The first kappa shape index (κ1) is 13.7. The summed E-state index contributed by atoms with van der Waals surface area (Å²) in [5.41, 5.74) is 2.40. The predicted octanol–water partition coefficient (Wildman–Crippen LogP) is 3.52. The topological polar surface area (TPSA) is 36.3 Å². The van der Waals surface area contributed by atoms with Gasteiger partial charge in [0, 0.05) is 19.0 Å². The summed E-state index contributed by atoms with van der Waals surface area (Å²) in [4.78, 5) is 2.32. The summed E-state index contributed by atoms with van der Waals surface area (Å²) in [7, 11) is 3.85. The molecule has 0 spiro atoms. The van der Waals surface area contributed by atoms with Crippen molar-refractivity contribution in [3.8, 4) is 11.8 Å². The molecule has 0 aliphatic heterocycles. The Kier molecular flexibility index (Phi) is 4.31. The number of nitriles is 1. The van der Waals surface area contributed by atoms with E-state index in [9.17, 15) is 0 Å². The number of ether oxygens (including phenoxy) is 1. The van der Waals surface area contributed by atoms with Gasteiger partial charge in [-0.05, 0) is 50.3 Å². The smallest absolute Gasteiger partial charge is 0.142 e. The first-order valence-corrected chi connectivity index (χ1v) is 6.92. The Morgan fingerprint density at radius 2 is 1.95 bits per heavy atom. The van der Waals surface area contributed by atoms with Crippen molar-refractivity contribution in [3.63, 3.8) is 0 Å². The molecule has 1 aliphatic rings. The fourth-order valence-electron chi connectivity index (χ4n) is 2.86. The van der Waals surface area contributed by atoms with Crippen LogP contribution in [0.2, 0.25) is 0 Å². The van der Waals surface area contributed by atoms with Crippen LogP contribution in [0.3, 0.4) is 0 Å². The fraction of sp³-hybridized carbons (Fsp3) is 0.562. The van der Waals surface area contributed by atoms with E-state index in [1.54, 1.807) is 7.11 Å². The Bertz CT molecular complexity index is 470. The van der Waals surface area contributed by atoms with Crippen LogP contribution in [0, 0.1) is 24.2 Å². The summed E-state index contributed by atoms with van der Waals surface area (Å²) in [5, 5.41) is 8.97. The summed E-state index contributed by atoms with van der Waals surface area (Å²) in [6, 6.07) is 9.18. The molecule has 3 nitrogen and oxygen atoms in total. The number of anilines is 1. The van der Waals surface area contributed by atoms with Gasteiger partial charge in [-0.1, -0.05) is 6.07 Å². The van der Waals surface area contributed by atoms with Gasteiger partial charge in [0.05, 0.1) is 18.9 Å². The molecule has 0 amide bonds. The lowest BCUT2D eigenvalue weighted by Gasteiger charge is -2.35. The van der Waals surface area contributed by atoms with Crippen molar-refractivity contribution in [2.75, 3.05) is 19.1 Å². The Hall–Kier alpha value is -1.69. The number of hydrogen-bond donors (Lipinski definition) is 0. The first-order chi connectivity index (χ1) is 9.15. The largest absolute Gasteiger partial charge is 0.495 e. The third-order valence-corrected chi connectivity index (χ3v) is 4.14. The lowest BCUT2D eigenvalue weighted by atomic mass is 9.86. The average Bonchev–Trinajstić information content (AvgIpc) is 2.46. The number of methoxy groups -OCH3 is 1. The van der Waals surface area contributed by atoms with E-state index in [0.29, 0.717) is 6.04 Å². The monoisotopic (exact) mass is 258 g/mol. The Balaban J connectivity index is 2.14. The van der Waals surface area contributed by atoms with Gasteiger partial charge in [0.25, 0.3) is 0 Å². The van der Waals surface area contributed by atoms with Crippen LogP contribution in [0.25, 0.3) is 0 Å². The van der Waals surface area contributed by atoms with E-state index in [0.717, 1.165) is 37.1 Å². The van der Waals surface area contributed by atoms with E-state index in [1.165, 1.54) is 5.56 Å². The second-order valence-electron chi connectivity index (χ2n) is 5.42. The second kappa shape index (κ2) is 5.97. The zero-order valence-corrected chi connectivity index (χ0v) is 12.0. The molecule has 1 aromatic rings. The van der Waals surface area contributed by atoms with Crippen LogP contribution in [0.15, 0.2) is 18.2 Å². The Morgan fingerprint density at radius 1 is 1.26 bits per heavy atom. The van der Waals surface area contributed by atoms with Crippen LogP contribution in [0.1, 0.15) is 31.2 Å². The Morgan fingerprint density at radius 3 is 2.53 bits per heavy atom. The van der Waals surface area contributed by atoms with E-state index in [4.69, 9.17) is 10.00 Å². The minimum absolute atomic E-state index is 0.254. The molecule has 3 heteroatoms. The fourth-order valence-corrected chi connectivity index (χ4v) is 2.86. The van der Waals surface area contributed by atoms with Crippen molar-refractivity contribution in [2.45, 2.75) is 38.6 Å². The van der Waals surface area contributed by atoms with Gasteiger partial charge in [-0.15, -0.1) is 0 Å². The molecular weight excluding hydrogens is 236 g/mol. The highest BCUT2D eigenvalue weighted by Gasteiger charge is 2.25. The minimum Gasteiger partial charge on any atom is -0.495 e. The molecule has 2 rings (SSSR count). The van der Waals surface area contributed by atoms with Gasteiger partial charge in [-0.25, -0.2) is 0 Å². The SMILES string of the molecule is COc1ccc(C)cc1N(C)C1CCC(C#N)CC1. The lowest BCUT2D eigenvalue weighted by Crippen LogP contribution is -2.35. The summed E-state index contributed by atoms with van der Waals surface area (Å²) in [6.07, 6.45) is 4.21. The molecule has 1 aliphatic carbocycles. The molecule has 0 N–H and O–H groups in total. The normalized spacial score (nSPS) is 22.6. The lowest BCUT2D eigenvalue weighted by molar-refractivity contribution is 0.367. The second-order valence-corrected chi connectivity index (χ2v) is 5.42. The van der Waals surface area contributed by atoms with Gasteiger partial charge in [0.15, 0.2) is 0 Å². The Labute approximate surface area is 115 Å². The molecule has 0 saturated heterocycles. The van der Waals surface area contributed by atoms with Crippen LogP contribution >= 0.6 is 0 Å². The van der Waals surface area contributed by atoms with E-state index < -0.39 is 0 Å². The number of hydrogen-bond acceptors (Lipinski definition) is 3. The minimum atomic E-state index is 0.254. The van der Waals surface area contributed by atoms with E-state index in [-0.39, 0.29) is 5.92 Å². The molecule has 0 bridgehead atoms. The predicted molar refractivity (Wildman–Crippen MR) is 77.5 cm³/mol. The molecule has 1 aromatic carbocycles. The third kappa shape index (κ3) is 3.01. The first-order valence-electron chi connectivity index (χ1n) is 6.92. The molecule has 19 heavy (non-hydrogen) atoms. The average molecular weight is 258 g/mol. The highest BCUT2D eigenvalue weighted by atomic mass is 16.5. The van der Waals surface area contributed by atoms with Crippen molar-refractivity contribution in [3.05, 3.63) is 23.8 Å². The van der Waals surface area contributed by atoms with Crippen LogP contribution in [0.5, 0.6) is 5.75 Å². The summed E-state index contributed by atoms with van der Waals surface area (Å²) in [6.45, 7) is 2.10. The van der Waals surface area contributed by atoms with E-state index in [2.05, 4.69) is 37.1 Å². The summed E-state index contributed by atoms with van der Waals surface area (Å²) in [5.74, 6) is 1.18. The molecule has 1 saturated carbocycles. The molecular formula is C16H22N2O. The highest BCUT2D eigenvalue weighted by Crippen LogP contribution is 2.34. The molecule has 0 atom stereocenters. The standard InChI is InChI=1S/C16H22N2O/c1-12-4-9-16(19-3)15(10-12)18(2)14-7-5-13(11-17)6-8-14/h4,9-10,13-14H,5-8H2,1-3H3. The number of benzene rings is 1. The van der Waals surface area contributed by atoms with Gasteiger partial charge >= 0.3 is 0 Å². The van der Waals surface area contributed by atoms with Crippen LogP contribution in [-0.2, 0) is 0 Å². The molecule has 0 aromatic heterocycles. The van der Waals surface area contributed by atoms with Crippen LogP contribution < -0.4 is 9.64 Å². The van der Waals surface area contributed by atoms with Crippen molar-refractivity contribution < 1.29 is 4.74 Å². The molecule has 102 valence electrons. The molecule has 1 fully saturated rings. The van der Waals surface area contributed by atoms with Crippen molar-refractivity contribution in [1.29, 1.82) is 5.26 Å². The zero-order chi connectivity index (χ0) is 13.8. The van der Waals surface area contributed by atoms with E-state index >= 15 is 0 Å². The van der Waals surface area contributed by atoms with Gasteiger partial charge in [-0.3, -0.25) is 0 Å². The maximum absolute atomic E-state index is 8.97. The van der Waals surface area contributed by atoms with E-state index in [1.807, 2.05) is 6.07 Å². The van der Waals surface area contributed by atoms with Crippen molar-refractivity contribution >= 4 is 5.69 Å². The molecule has 0 heterocycles. The molecule has 0 unspecified atom stereocenters. The van der Waals surface area contributed by atoms with Gasteiger partial charge < -0.3 is 9.64 Å².